The minimum absolute atomic E-state index is 0.149. The van der Waals surface area contributed by atoms with Crippen molar-refractivity contribution in [3.63, 3.8) is 0 Å². The number of para-hydroxylation sites is 1. The highest BCUT2D eigenvalue weighted by Gasteiger charge is 2.11. The largest absolute Gasteiger partial charge is 0.323 e. The van der Waals surface area contributed by atoms with Gasteiger partial charge in [0.05, 0.1) is 21.8 Å². The van der Waals surface area contributed by atoms with Crippen LogP contribution in [0.5, 0.6) is 0 Å². The highest BCUT2D eigenvalue weighted by molar-refractivity contribution is 6.29. The van der Waals surface area contributed by atoms with Crippen LogP contribution in [0.2, 0.25) is 10.6 Å². The van der Waals surface area contributed by atoms with E-state index in [0.29, 0.717) is 28.9 Å². The SMILES string of the molecule is Cc1cc(Nc2nc(Cl)nc3ncccc23)n[nH]1.Clc1nc(Nc2n[nH]c3ccccc23)c2cnccc2n1. The first-order valence-electron chi connectivity index (χ1n) is 11.6. The average molecular weight is 557 g/mol. The molecular formula is C25H18Cl2N12. The number of H-pyrrole nitrogens is 2. The number of nitrogens with one attached hydrogen (secondary N) is 4. The highest BCUT2D eigenvalue weighted by atomic mass is 35.5. The van der Waals surface area contributed by atoms with Crippen LogP contribution in [-0.4, -0.2) is 50.3 Å². The van der Waals surface area contributed by atoms with Gasteiger partial charge in [0.25, 0.3) is 0 Å². The number of aryl methyl sites for hydroxylation is 1. The summed E-state index contributed by atoms with van der Waals surface area (Å²) in [5, 5.41) is 23.3. The average Bonchev–Trinajstić information content (AvgIpc) is 3.54. The molecule has 0 aliphatic rings. The lowest BCUT2D eigenvalue weighted by Gasteiger charge is -2.06. The zero-order valence-electron chi connectivity index (χ0n) is 20.2. The van der Waals surface area contributed by atoms with E-state index in [1.54, 1.807) is 24.7 Å². The third-order valence-corrected chi connectivity index (χ3v) is 5.91. The van der Waals surface area contributed by atoms with E-state index in [2.05, 4.69) is 60.9 Å². The molecule has 0 atom stereocenters. The molecule has 1 aromatic carbocycles. The molecular weight excluding hydrogens is 539 g/mol. The Balaban J connectivity index is 0.000000144. The van der Waals surface area contributed by atoms with Gasteiger partial charge in [-0.2, -0.15) is 25.1 Å². The number of fused-ring (bicyclic) bond motifs is 3. The van der Waals surface area contributed by atoms with Crippen LogP contribution in [0, 0.1) is 6.92 Å². The van der Waals surface area contributed by atoms with Crippen LogP contribution in [0.3, 0.4) is 0 Å². The molecule has 0 amide bonds. The van der Waals surface area contributed by atoms with Gasteiger partial charge in [-0.25, -0.2) is 9.97 Å². The van der Waals surface area contributed by atoms with Gasteiger partial charge in [0.1, 0.15) is 11.6 Å². The normalized spacial score (nSPS) is 10.9. The molecule has 0 bridgehead atoms. The lowest BCUT2D eigenvalue weighted by Crippen LogP contribution is -1.98. The molecule has 0 fully saturated rings. The predicted molar refractivity (Wildman–Crippen MR) is 151 cm³/mol. The second-order valence-electron chi connectivity index (χ2n) is 8.25. The number of anilines is 4. The topological polar surface area (TPSA) is 159 Å². The summed E-state index contributed by atoms with van der Waals surface area (Å²) in [7, 11) is 0. The molecule has 0 aliphatic heterocycles. The smallest absolute Gasteiger partial charge is 0.226 e. The Bertz CT molecular complexity index is 1930. The lowest BCUT2D eigenvalue weighted by atomic mass is 10.2. The lowest BCUT2D eigenvalue weighted by molar-refractivity contribution is 1.05. The zero-order chi connectivity index (χ0) is 26.8. The molecule has 7 aromatic rings. The van der Waals surface area contributed by atoms with Crippen LogP contribution in [0.4, 0.5) is 23.3 Å². The van der Waals surface area contributed by atoms with Crippen molar-refractivity contribution in [3.05, 3.63) is 83.4 Å². The summed E-state index contributed by atoms with van der Waals surface area (Å²) >= 11 is 11.8. The van der Waals surface area contributed by atoms with E-state index in [0.717, 1.165) is 32.9 Å². The van der Waals surface area contributed by atoms with Crippen LogP contribution in [-0.2, 0) is 0 Å². The molecule has 0 radical (unpaired) electrons. The second-order valence-corrected chi connectivity index (χ2v) is 8.93. The summed E-state index contributed by atoms with van der Waals surface area (Å²) in [6.45, 7) is 1.92. The van der Waals surface area contributed by atoms with Gasteiger partial charge in [0.15, 0.2) is 17.3 Å². The molecule has 6 aromatic heterocycles. The van der Waals surface area contributed by atoms with Crippen molar-refractivity contribution in [3.8, 4) is 0 Å². The van der Waals surface area contributed by atoms with E-state index in [-0.39, 0.29) is 10.6 Å². The molecule has 7 rings (SSSR count). The van der Waals surface area contributed by atoms with Gasteiger partial charge in [-0.15, -0.1) is 0 Å². The van der Waals surface area contributed by atoms with Crippen molar-refractivity contribution < 1.29 is 0 Å². The minimum atomic E-state index is 0.149. The number of hydrogen-bond donors (Lipinski definition) is 4. The van der Waals surface area contributed by atoms with Crippen LogP contribution >= 0.6 is 23.2 Å². The Morgan fingerprint density at radius 3 is 2.36 bits per heavy atom. The van der Waals surface area contributed by atoms with Crippen molar-refractivity contribution in [1.29, 1.82) is 0 Å². The summed E-state index contributed by atoms with van der Waals surface area (Å²) in [5.74, 6) is 2.53. The third kappa shape index (κ3) is 5.23. The first-order chi connectivity index (χ1) is 19.0. The summed E-state index contributed by atoms with van der Waals surface area (Å²) in [5.41, 5.74) is 3.18. The summed E-state index contributed by atoms with van der Waals surface area (Å²) in [6, 6.07) is 15.2. The third-order valence-electron chi connectivity index (χ3n) is 5.57. The molecule has 0 unspecified atom stereocenters. The van der Waals surface area contributed by atoms with Gasteiger partial charge in [0, 0.05) is 35.7 Å². The molecule has 14 heteroatoms. The van der Waals surface area contributed by atoms with E-state index in [1.807, 2.05) is 49.4 Å². The van der Waals surface area contributed by atoms with E-state index in [4.69, 9.17) is 23.2 Å². The number of pyridine rings is 2. The van der Waals surface area contributed by atoms with E-state index in [9.17, 15) is 0 Å². The zero-order valence-corrected chi connectivity index (χ0v) is 21.7. The molecule has 0 spiro atoms. The maximum atomic E-state index is 5.97. The quantitative estimate of drug-likeness (QED) is 0.196. The van der Waals surface area contributed by atoms with Crippen LogP contribution < -0.4 is 10.6 Å². The first-order valence-corrected chi connectivity index (χ1v) is 12.3. The van der Waals surface area contributed by atoms with E-state index < -0.39 is 0 Å². The van der Waals surface area contributed by atoms with Crippen LogP contribution in [0.25, 0.3) is 32.8 Å². The Hall–Kier alpha value is -4.94. The minimum Gasteiger partial charge on any atom is -0.323 e. The van der Waals surface area contributed by atoms with Crippen molar-refractivity contribution >= 4 is 79.3 Å². The Labute approximate surface area is 230 Å². The molecule has 39 heavy (non-hydrogen) atoms. The fraction of sp³-hybridized carbons (Fsp3) is 0.0400. The van der Waals surface area contributed by atoms with Crippen LogP contribution in [0.1, 0.15) is 5.69 Å². The monoisotopic (exact) mass is 556 g/mol. The number of halogens is 2. The number of benzene rings is 1. The number of aromatic amines is 2. The van der Waals surface area contributed by atoms with Gasteiger partial charge in [-0.1, -0.05) is 12.1 Å². The molecule has 0 saturated heterocycles. The van der Waals surface area contributed by atoms with Gasteiger partial charge < -0.3 is 10.6 Å². The first kappa shape index (κ1) is 24.4. The van der Waals surface area contributed by atoms with Gasteiger partial charge in [-0.3, -0.25) is 15.2 Å². The summed E-state index contributed by atoms with van der Waals surface area (Å²) in [4.78, 5) is 24.9. The number of nitrogens with zero attached hydrogens (tertiary/aromatic N) is 8. The number of hydrogen-bond acceptors (Lipinski definition) is 10. The fourth-order valence-electron chi connectivity index (χ4n) is 3.84. The van der Waals surface area contributed by atoms with Crippen molar-refractivity contribution in [2.75, 3.05) is 10.6 Å². The summed E-state index contributed by atoms with van der Waals surface area (Å²) < 4.78 is 0. The standard InChI is InChI=1S/C14H9ClN6.C11H9ClN6/c15-14-17-10-5-6-16-7-9(10)12(19-14)18-13-8-3-1-2-4-11(8)20-21-13;1-6-5-8(18-17-6)14-10-7-3-2-4-13-9(7)15-11(12)16-10/h1-7H,(H2,17,18,19,20,21);2-5H,1H3,(H2,13,14,15,16,17,18). The Morgan fingerprint density at radius 2 is 1.51 bits per heavy atom. The molecule has 12 nitrogen and oxygen atoms in total. The van der Waals surface area contributed by atoms with E-state index >= 15 is 0 Å². The predicted octanol–water partition coefficient (Wildman–Crippen LogP) is 5.75. The second kappa shape index (κ2) is 10.4. The Kier molecular flexibility index (Phi) is 6.53. The molecule has 0 aliphatic carbocycles. The van der Waals surface area contributed by atoms with Gasteiger partial charge in [-0.05, 0) is 60.5 Å². The van der Waals surface area contributed by atoms with Gasteiger partial charge >= 0.3 is 0 Å². The van der Waals surface area contributed by atoms with Crippen molar-refractivity contribution in [2.45, 2.75) is 6.92 Å². The van der Waals surface area contributed by atoms with E-state index in [1.165, 1.54) is 0 Å². The molecule has 192 valence electrons. The van der Waals surface area contributed by atoms with Crippen LogP contribution in [0.15, 0.2) is 67.1 Å². The maximum absolute atomic E-state index is 5.97. The van der Waals surface area contributed by atoms with Crippen molar-refractivity contribution in [1.82, 2.24) is 50.3 Å². The molecule has 4 N–H and O–H groups in total. The molecule has 0 saturated carbocycles. The van der Waals surface area contributed by atoms with Gasteiger partial charge in [0.2, 0.25) is 10.6 Å². The number of rotatable bonds is 4. The highest BCUT2D eigenvalue weighted by Crippen LogP contribution is 2.27. The Morgan fingerprint density at radius 1 is 0.718 bits per heavy atom. The summed E-state index contributed by atoms with van der Waals surface area (Å²) in [6.07, 6.45) is 5.02. The number of aromatic nitrogens is 10. The van der Waals surface area contributed by atoms with Crippen molar-refractivity contribution in [2.24, 2.45) is 0 Å². The maximum Gasteiger partial charge on any atom is 0.226 e. The molecule has 6 heterocycles. The fourth-order valence-corrected chi connectivity index (χ4v) is 4.18.